The maximum atomic E-state index is 11.8. The minimum absolute atomic E-state index is 0.0290. The fraction of sp³-hybridized carbons (Fsp3) is 0.385. The van der Waals surface area contributed by atoms with Crippen LogP contribution in [-0.4, -0.2) is 42.1 Å². The topological polar surface area (TPSA) is 55.8 Å². The Bertz CT molecular complexity index is 451. The van der Waals surface area contributed by atoms with Crippen LogP contribution in [0.15, 0.2) is 30.3 Å². The molecule has 0 radical (unpaired) electrons. The lowest BCUT2D eigenvalue weighted by Crippen LogP contribution is -2.32. The van der Waals surface area contributed by atoms with Crippen LogP contribution < -0.4 is 0 Å². The number of benzene rings is 1. The van der Waals surface area contributed by atoms with Gasteiger partial charge in [-0.15, -0.1) is 0 Å². The maximum absolute atomic E-state index is 11.8. The second-order valence-electron chi connectivity index (χ2n) is 3.96. The van der Waals surface area contributed by atoms with Gasteiger partial charge in [0.25, 0.3) is 5.24 Å². The van der Waals surface area contributed by atoms with Crippen LogP contribution in [0.4, 0.5) is 4.79 Å². The molecule has 0 aromatic heterocycles. The smallest absolute Gasteiger partial charge is 0.331 e. The molecule has 1 saturated heterocycles. The lowest BCUT2D eigenvalue weighted by Gasteiger charge is -2.27. The molecule has 102 valence electrons. The molecule has 1 amide bonds. The molecule has 0 N–H and O–H groups in total. The number of carbonyl (C=O) groups excluding carboxylic acids is 2. The first-order valence-electron chi connectivity index (χ1n) is 5.89. The number of methoxy groups -OCH3 is 1. The van der Waals surface area contributed by atoms with Crippen molar-refractivity contribution in [1.82, 2.24) is 4.90 Å². The van der Waals surface area contributed by atoms with E-state index < -0.39 is 12.2 Å². The van der Waals surface area contributed by atoms with Gasteiger partial charge in [0.1, 0.15) is 6.61 Å². The van der Waals surface area contributed by atoms with E-state index in [1.54, 1.807) is 4.90 Å². The summed E-state index contributed by atoms with van der Waals surface area (Å²) in [6.45, 7) is 0.439. The highest BCUT2D eigenvalue weighted by Gasteiger charge is 2.30. The van der Waals surface area contributed by atoms with E-state index >= 15 is 0 Å². The summed E-state index contributed by atoms with van der Waals surface area (Å²) in [6, 6.07) is 9.38. The van der Waals surface area contributed by atoms with Gasteiger partial charge in [-0.1, -0.05) is 42.1 Å². The Kier molecular flexibility index (Phi) is 4.81. The minimum Gasteiger partial charge on any atom is -0.467 e. The lowest BCUT2D eigenvalue weighted by atomic mass is 10.2. The predicted octanol–water partition coefficient (Wildman–Crippen LogP) is 2.04. The van der Waals surface area contributed by atoms with E-state index in [0.29, 0.717) is 6.54 Å². The van der Waals surface area contributed by atoms with Gasteiger partial charge in [0.2, 0.25) is 0 Å². The average molecular weight is 281 g/mol. The lowest BCUT2D eigenvalue weighted by molar-refractivity contribution is -0.151. The van der Waals surface area contributed by atoms with E-state index in [1.807, 2.05) is 30.3 Å². The molecule has 1 heterocycles. The van der Waals surface area contributed by atoms with Crippen molar-refractivity contribution in [3.8, 4) is 0 Å². The SMILES string of the molecule is COC(=O)COC(c1ccccc1)N1CCSC1=O. The first kappa shape index (κ1) is 13.9. The van der Waals surface area contributed by atoms with Crippen molar-refractivity contribution in [2.24, 2.45) is 0 Å². The molecule has 2 rings (SSSR count). The number of thioether (sulfide) groups is 1. The molecule has 1 atom stereocenters. The van der Waals surface area contributed by atoms with Crippen molar-refractivity contribution in [1.29, 1.82) is 0 Å². The molecule has 1 aromatic rings. The quantitative estimate of drug-likeness (QED) is 0.773. The molecule has 1 aliphatic rings. The highest BCUT2D eigenvalue weighted by molar-refractivity contribution is 8.13. The molecule has 0 bridgehead atoms. The van der Waals surface area contributed by atoms with E-state index in [4.69, 9.17) is 4.74 Å². The second kappa shape index (κ2) is 6.58. The Hall–Kier alpha value is -1.53. The van der Waals surface area contributed by atoms with Crippen LogP contribution in [0, 0.1) is 0 Å². The molecule has 1 unspecified atom stereocenters. The second-order valence-corrected chi connectivity index (χ2v) is 5.00. The number of carbonyl (C=O) groups is 2. The Morgan fingerprint density at radius 1 is 1.42 bits per heavy atom. The van der Waals surface area contributed by atoms with E-state index in [1.165, 1.54) is 18.9 Å². The number of hydrogen-bond acceptors (Lipinski definition) is 5. The van der Waals surface area contributed by atoms with E-state index in [-0.39, 0.29) is 11.8 Å². The summed E-state index contributed by atoms with van der Waals surface area (Å²) < 4.78 is 10.1. The molecule has 1 aromatic carbocycles. The van der Waals surface area contributed by atoms with Gasteiger partial charge in [-0.2, -0.15) is 0 Å². The molecular weight excluding hydrogens is 266 g/mol. The third-order valence-corrected chi connectivity index (χ3v) is 3.61. The van der Waals surface area contributed by atoms with Crippen molar-refractivity contribution in [3.63, 3.8) is 0 Å². The fourth-order valence-corrected chi connectivity index (χ4v) is 2.62. The zero-order valence-electron chi connectivity index (χ0n) is 10.6. The van der Waals surface area contributed by atoms with Crippen molar-refractivity contribution >= 4 is 23.0 Å². The van der Waals surface area contributed by atoms with Gasteiger partial charge in [0, 0.05) is 17.9 Å². The van der Waals surface area contributed by atoms with Crippen molar-refractivity contribution in [2.75, 3.05) is 26.0 Å². The van der Waals surface area contributed by atoms with Crippen LogP contribution in [0.25, 0.3) is 0 Å². The summed E-state index contributed by atoms with van der Waals surface area (Å²) in [7, 11) is 1.31. The number of hydrogen-bond donors (Lipinski definition) is 0. The van der Waals surface area contributed by atoms with E-state index in [9.17, 15) is 9.59 Å². The van der Waals surface area contributed by atoms with Gasteiger partial charge in [-0.3, -0.25) is 4.79 Å². The van der Waals surface area contributed by atoms with Gasteiger partial charge in [-0.05, 0) is 0 Å². The number of amides is 1. The molecule has 6 heteroatoms. The molecule has 0 spiro atoms. The normalized spacial score (nSPS) is 16.5. The van der Waals surface area contributed by atoms with Gasteiger partial charge in [0.15, 0.2) is 6.23 Å². The molecule has 0 aliphatic carbocycles. The Morgan fingerprint density at radius 2 is 2.16 bits per heavy atom. The molecule has 5 nitrogen and oxygen atoms in total. The molecule has 0 saturated carbocycles. The Balaban J connectivity index is 2.13. The minimum atomic E-state index is -0.539. The van der Waals surface area contributed by atoms with E-state index in [0.717, 1.165) is 11.3 Å². The summed E-state index contributed by atoms with van der Waals surface area (Å²) in [5.41, 5.74) is 0.849. The maximum Gasteiger partial charge on any atom is 0.331 e. The molecule has 19 heavy (non-hydrogen) atoms. The largest absolute Gasteiger partial charge is 0.467 e. The van der Waals surface area contributed by atoms with Crippen LogP contribution in [0.1, 0.15) is 11.8 Å². The van der Waals surface area contributed by atoms with Crippen LogP contribution in [0.2, 0.25) is 0 Å². The van der Waals surface area contributed by atoms with Gasteiger partial charge in [0.05, 0.1) is 7.11 Å². The summed E-state index contributed by atoms with van der Waals surface area (Å²) in [4.78, 5) is 24.6. The monoisotopic (exact) mass is 281 g/mol. The summed E-state index contributed by atoms with van der Waals surface area (Å²) >= 11 is 1.26. The highest BCUT2D eigenvalue weighted by Crippen LogP contribution is 2.29. The number of nitrogens with zero attached hydrogens (tertiary/aromatic N) is 1. The third kappa shape index (κ3) is 3.48. The molecule has 1 aliphatic heterocycles. The van der Waals surface area contributed by atoms with Crippen molar-refractivity contribution in [3.05, 3.63) is 35.9 Å². The predicted molar refractivity (Wildman–Crippen MR) is 71.7 cm³/mol. The molecular formula is C13H15NO4S. The van der Waals surface area contributed by atoms with Crippen LogP contribution >= 0.6 is 11.8 Å². The van der Waals surface area contributed by atoms with Crippen molar-refractivity contribution in [2.45, 2.75) is 6.23 Å². The van der Waals surface area contributed by atoms with Gasteiger partial charge in [-0.25, -0.2) is 4.79 Å². The summed E-state index contributed by atoms with van der Waals surface area (Å²) in [5, 5.41) is -0.0290. The van der Waals surface area contributed by atoms with Gasteiger partial charge >= 0.3 is 5.97 Å². The first-order chi connectivity index (χ1) is 9.22. The first-order valence-corrected chi connectivity index (χ1v) is 6.87. The van der Waals surface area contributed by atoms with Crippen LogP contribution in [0.5, 0.6) is 0 Å². The summed E-state index contributed by atoms with van der Waals surface area (Å²) in [6.07, 6.45) is -0.539. The zero-order valence-corrected chi connectivity index (χ0v) is 11.4. The standard InChI is InChI=1S/C13H15NO4S/c1-17-11(15)9-18-12(10-5-3-2-4-6-10)14-7-8-19-13(14)16/h2-6,12H,7-9H2,1H3. The van der Waals surface area contributed by atoms with Crippen molar-refractivity contribution < 1.29 is 19.1 Å². The Labute approximate surface area is 115 Å². The third-order valence-electron chi connectivity index (χ3n) is 2.75. The van der Waals surface area contributed by atoms with E-state index in [2.05, 4.69) is 4.74 Å². The average Bonchev–Trinajstić information content (AvgIpc) is 2.86. The van der Waals surface area contributed by atoms with Gasteiger partial charge < -0.3 is 14.4 Å². The highest BCUT2D eigenvalue weighted by atomic mass is 32.2. The van der Waals surface area contributed by atoms with Crippen LogP contribution in [0.3, 0.4) is 0 Å². The molecule has 1 fully saturated rings. The number of esters is 1. The fourth-order valence-electron chi connectivity index (χ4n) is 1.81. The Morgan fingerprint density at radius 3 is 2.74 bits per heavy atom. The number of ether oxygens (including phenoxy) is 2. The number of rotatable bonds is 5. The summed E-state index contributed by atoms with van der Waals surface area (Å²) in [5.74, 6) is 0.282. The zero-order chi connectivity index (χ0) is 13.7. The van der Waals surface area contributed by atoms with Crippen LogP contribution in [-0.2, 0) is 14.3 Å².